The zero-order valence-corrected chi connectivity index (χ0v) is 19.7. The van der Waals surface area contributed by atoms with Gasteiger partial charge in [-0.3, -0.25) is 9.48 Å². The fourth-order valence-electron chi connectivity index (χ4n) is 3.81. The molecule has 1 heterocycles. The first-order valence-electron chi connectivity index (χ1n) is 12.7. The van der Waals surface area contributed by atoms with Crippen LogP contribution >= 0.6 is 0 Å². The minimum Gasteiger partial charge on any atom is -0.476 e. The van der Waals surface area contributed by atoms with Gasteiger partial charge in [-0.1, -0.05) is 103 Å². The van der Waals surface area contributed by atoms with Crippen LogP contribution in [-0.2, 0) is 11.3 Å². The number of aromatic carboxylic acids is 1. The number of aromatic nitrogens is 2. The topological polar surface area (TPSA) is 84.2 Å². The van der Waals surface area contributed by atoms with E-state index in [1.165, 1.54) is 107 Å². The third-order valence-corrected chi connectivity index (χ3v) is 5.78. The van der Waals surface area contributed by atoms with Crippen LogP contribution in [0.15, 0.2) is 12.3 Å². The molecule has 0 saturated heterocycles. The molecule has 31 heavy (non-hydrogen) atoms. The van der Waals surface area contributed by atoms with Gasteiger partial charge < -0.3 is 10.4 Å². The molecule has 0 saturated carbocycles. The number of carbonyl (C=O) groups is 2. The smallest absolute Gasteiger partial charge is 0.356 e. The second-order valence-corrected chi connectivity index (χ2v) is 8.67. The summed E-state index contributed by atoms with van der Waals surface area (Å²) >= 11 is 0. The standard InChI is InChI=1S/C25H45N3O3/c1-2-3-4-5-6-7-8-9-10-11-12-13-14-15-16-17-20-26-24(29)19-22-28-21-18-23(27-28)25(30)31/h18,21H,2-17,19-20,22H2,1H3,(H,26,29)(H,30,31). The van der Waals surface area contributed by atoms with Crippen LogP contribution in [0.1, 0.15) is 127 Å². The van der Waals surface area contributed by atoms with Gasteiger partial charge in [0.05, 0.1) is 0 Å². The van der Waals surface area contributed by atoms with Gasteiger partial charge in [0.15, 0.2) is 5.69 Å². The molecule has 0 radical (unpaired) electrons. The summed E-state index contributed by atoms with van der Waals surface area (Å²) in [4.78, 5) is 22.6. The zero-order valence-electron chi connectivity index (χ0n) is 19.7. The van der Waals surface area contributed by atoms with Gasteiger partial charge in [-0.2, -0.15) is 5.10 Å². The minimum absolute atomic E-state index is 0.00617. The molecule has 0 spiro atoms. The Balaban J connectivity index is 1.80. The van der Waals surface area contributed by atoms with Crippen molar-refractivity contribution >= 4 is 11.9 Å². The molecule has 1 rings (SSSR count). The van der Waals surface area contributed by atoms with Crippen molar-refractivity contribution in [3.63, 3.8) is 0 Å². The highest BCUT2D eigenvalue weighted by Crippen LogP contribution is 2.13. The van der Waals surface area contributed by atoms with Crippen molar-refractivity contribution in [2.75, 3.05) is 6.54 Å². The maximum atomic E-state index is 11.8. The molecule has 0 atom stereocenters. The van der Waals surface area contributed by atoms with Gasteiger partial charge in [-0.05, 0) is 12.5 Å². The highest BCUT2D eigenvalue weighted by atomic mass is 16.4. The summed E-state index contributed by atoms with van der Waals surface area (Å²) in [5.41, 5.74) is 0.00794. The number of carbonyl (C=O) groups excluding carboxylic acids is 1. The number of carboxylic acids is 1. The van der Waals surface area contributed by atoms with Crippen molar-refractivity contribution in [2.24, 2.45) is 0 Å². The monoisotopic (exact) mass is 435 g/mol. The molecular formula is C25H45N3O3. The van der Waals surface area contributed by atoms with Crippen LogP contribution in [0.3, 0.4) is 0 Å². The second-order valence-electron chi connectivity index (χ2n) is 8.67. The second kappa shape index (κ2) is 18.9. The van der Waals surface area contributed by atoms with Gasteiger partial charge in [0.1, 0.15) is 0 Å². The molecular weight excluding hydrogens is 390 g/mol. The predicted octanol–water partition coefficient (Wildman–Crippen LogP) is 6.35. The summed E-state index contributed by atoms with van der Waals surface area (Å²) in [7, 11) is 0. The van der Waals surface area contributed by atoms with E-state index in [0.717, 1.165) is 13.0 Å². The lowest BCUT2D eigenvalue weighted by atomic mass is 10.0. The first kappa shape index (κ1) is 27.2. The van der Waals surface area contributed by atoms with Crippen molar-refractivity contribution in [1.29, 1.82) is 0 Å². The van der Waals surface area contributed by atoms with Crippen LogP contribution in [0.4, 0.5) is 0 Å². The first-order valence-corrected chi connectivity index (χ1v) is 12.7. The fourth-order valence-corrected chi connectivity index (χ4v) is 3.81. The van der Waals surface area contributed by atoms with E-state index in [9.17, 15) is 9.59 Å². The lowest BCUT2D eigenvalue weighted by Gasteiger charge is -2.06. The Labute approximate surface area is 189 Å². The molecule has 0 fully saturated rings. The van der Waals surface area contributed by atoms with Gasteiger partial charge in [-0.25, -0.2) is 4.79 Å². The van der Waals surface area contributed by atoms with Gasteiger partial charge in [-0.15, -0.1) is 0 Å². The van der Waals surface area contributed by atoms with Crippen molar-refractivity contribution in [1.82, 2.24) is 15.1 Å². The number of amides is 1. The fraction of sp³-hybridized carbons (Fsp3) is 0.800. The first-order chi connectivity index (χ1) is 15.1. The molecule has 0 unspecified atom stereocenters. The van der Waals surface area contributed by atoms with E-state index >= 15 is 0 Å². The maximum absolute atomic E-state index is 11.8. The van der Waals surface area contributed by atoms with Crippen LogP contribution in [0.25, 0.3) is 0 Å². The normalized spacial score (nSPS) is 11.0. The number of carboxylic acid groups (broad SMARTS) is 1. The van der Waals surface area contributed by atoms with Crippen molar-refractivity contribution in [2.45, 2.75) is 123 Å². The van der Waals surface area contributed by atoms with E-state index in [2.05, 4.69) is 17.3 Å². The number of unbranched alkanes of at least 4 members (excludes halogenated alkanes) is 15. The maximum Gasteiger partial charge on any atom is 0.356 e. The van der Waals surface area contributed by atoms with E-state index < -0.39 is 5.97 Å². The number of rotatable bonds is 21. The van der Waals surface area contributed by atoms with Crippen LogP contribution in [0.2, 0.25) is 0 Å². The van der Waals surface area contributed by atoms with E-state index in [1.807, 2.05) is 0 Å². The Morgan fingerprint density at radius 2 is 1.32 bits per heavy atom. The van der Waals surface area contributed by atoms with Crippen molar-refractivity contribution < 1.29 is 14.7 Å². The number of hydrogen-bond acceptors (Lipinski definition) is 3. The van der Waals surface area contributed by atoms with Gasteiger partial charge >= 0.3 is 5.97 Å². The Bertz CT molecular complexity index is 586. The summed E-state index contributed by atoms with van der Waals surface area (Å²) in [6.07, 6.45) is 23.4. The van der Waals surface area contributed by atoms with Crippen LogP contribution < -0.4 is 5.32 Å². The zero-order chi connectivity index (χ0) is 22.6. The summed E-state index contributed by atoms with van der Waals surface area (Å²) in [6.45, 7) is 3.39. The lowest BCUT2D eigenvalue weighted by molar-refractivity contribution is -0.121. The largest absolute Gasteiger partial charge is 0.476 e. The molecule has 0 aliphatic rings. The molecule has 0 aliphatic carbocycles. The molecule has 1 aromatic rings. The molecule has 178 valence electrons. The van der Waals surface area contributed by atoms with Gasteiger partial charge in [0, 0.05) is 25.7 Å². The van der Waals surface area contributed by atoms with E-state index in [-0.39, 0.29) is 11.6 Å². The summed E-state index contributed by atoms with van der Waals surface area (Å²) in [6, 6.07) is 1.44. The average molecular weight is 436 g/mol. The lowest BCUT2D eigenvalue weighted by Crippen LogP contribution is -2.25. The Morgan fingerprint density at radius 3 is 1.77 bits per heavy atom. The quantitative estimate of drug-likeness (QED) is 0.220. The molecule has 0 bridgehead atoms. The molecule has 6 nitrogen and oxygen atoms in total. The molecule has 0 aromatic carbocycles. The Kier molecular flexibility index (Phi) is 16.6. The summed E-state index contributed by atoms with van der Waals surface area (Å²) in [5.74, 6) is -1.06. The third-order valence-electron chi connectivity index (χ3n) is 5.78. The van der Waals surface area contributed by atoms with Gasteiger partial charge in [0.25, 0.3) is 0 Å². The molecule has 1 amide bonds. The number of nitrogens with zero attached hydrogens (tertiary/aromatic N) is 2. The SMILES string of the molecule is CCCCCCCCCCCCCCCCCCNC(=O)CCn1ccc(C(=O)O)n1. The predicted molar refractivity (Wildman–Crippen MR) is 126 cm³/mol. The molecule has 1 aromatic heterocycles. The Morgan fingerprint density at radius 1 is 0.839 bits per heavy atom. The van der Waals surface area contributed by atoms with Crippen molar-refractivity contribution in [3.05, 3.63) is 18.0 Å². The number of nitrogens with one attached hydrogen (secondary N) is 1. The summed E-state index contributed by atoms with van der Waals surface area (Å²) < 4.78 is 1.50. The van der Waals surface area contributed by atoms with E-state index in [1.54, 1.807) is 6.20 Å². The minimum atomic E-state index is -1.05. The van der Waals surface area contributed by atoms with E-state index in [4.69, 9.17) is 5.11 Å². The van der Waals surface area contributed by atoms with Crippen LogP contribution in [-0.4, -0.2) is 33.3 Å². The molecule has 2 N–H and O–H groups in total. The Hall–Kier alpha value is -1.85. The van der Waals surface area contributed by atoms with E-state index in [0.29, 0.717) is 13.0 Å². The van der Waals surface area contributed by atoms with Gasteiger partial charge in [0.2, 0.25) is 5.91 Å². The van der Waals surface area contributed by atoms with Crippen LogP contribution in [0, 0.1) is 0 Å². The number of hydrogen-bond donors (Lipinski definition) is 2. The molecule has 0 aliphatic heterocycles. The average Bonchev–Trinajstić information content (AvgIpc) is 3.24. The highest BCUT2D eigenvalue weighted by Gasteiger charge is 2.07. The number of aryl methyl sites for hydroxylation is 1. The summed E-state index contributed by atoms with van der Waals surface area (Å²) in [5, 5.41) is 15.7. The third kappa shape index (κ3) is 15.6. The highest BCUT2D eigenvalue weighted by molar-refractivity contribution is 5.85. The molecule has 6 heteroatoms. The van der Waals surface area contributed by atoms with Crippen molar-refractivity contribution in [3.8, 4) is 0 Å². The van der Waals surface area contributed by atoms with Crippen LogP contribution in [0.5, 0.6) is 0 Å².